The van der Waals surface area contributed by atoms with Crippen molar-refractivity contribution < 1.29 is 4.79 Å². The van der Waals surface area contributed by atoms with Crippen LogP contribution in [0.5, 0.6) is 0 Å². The molecule has 1 amide bonds. The van der Waals surface area contributed by atoms with Gasteiger partial charge in [0.15, 0.2) is 0 Å². The SMILES string of the molecule is CN1CCN(C(CC#N)c2ccc(-c3ccc(CC(C#N)NC(=O)C4(N)CCCCC4)cc3)cc2)CC1. The number of benzene rings is 2. The van der Waals surface area contributed by atoms with E-state index in [2.05, 4.69) is 70.7 Å². The number of piperazine rings is 1. The minimum atomic E-state index is -0.847. The summed E-state index contributed by atoms with van der Waals surface area (Å²) >= 11 is 0. The van der Waals surface area contributed by atoms with Gasteiger partial charge in [-0.1, -0.05) is 67.8 Å². The van der Waals surface area contributed by atoms with Gasteiger partial charge < -0.3 is 16.0 Å². The van der Waals surface area contributed by atoms with Crippen molar-refractivity contribution in [2.24, 2.45) is 5.73 Å². The Balaban J connectivity index is 1.38. The van der Waals surface area contributed by atoms with Gasteiger partial charge in [-0.05, 0) is 42.1 Å². The summed E-state index contributed by atoms with van der Waals surface area (Å²) in [5.74, 6) is -0.207. The third-order valence-electron chi connectivity index (χ3n) is 7.94. The van der Waals surface area contributed by atoms with E-state index >= 15 is 0 Å². The summed E-state index contributed by atoms with van der Waals surface area (Å²) in [5.41, 5.74) is 9.85. The van der Waals surface area contributed by atoms with E-state index in [1.54, 1.807) is 0 Å². The summed E-state index contributed by atoms with van der Waals surface area (Å²) in [6, 6.07) is 20.8. The maximum absolute atomic E-state index is 12.7. The van der Waals surface area contributed by atoms with Crippen LogP contribution < -0.4 is 11.1 Å². The number of hydrogen-bond acceptors (Lipinski definition) is 6. The van der Waals surface area contributed by atoms with E-state index in [0.717, 1.165) is 62.1 Å². The van der Waals surface area contributed by atoms with Crippen LogP contribution in [0.4, 0.5) is 0 Å². The molecule has 194 valence electrons. The molecule has 0 spiro atoms. The minimum Gasteiger partial charge on any atom is -0.338 e. The lowest BCUT2D eigenvalue weighted by Gasteiger charge is -2.37. The lowest BCUT2D eigenvalue weighted by Crippen LogP contribution is -2.57. The number of nitrogens with zero attached hydrogens (tertiary/aromatic N) is 4. The number of nitrogens with two attached hydrogens (primary N) is 1. The van der Waals surface area contributed by atoms with Crippen molar-refractivity contribution in [1.82, 2.24) is 15.1 Å². The van der Waals surface area contributed by atoms with E-state index in [-0.39, 0.29) is 11.9 Å². The monoisotopic (exact) mass is 498 g/mol. The molecule has 1 saturated carbocycles. The minimum absolute atomic E-state index is 0.120. The molecule has 2 aromatic carbocycles. The molecule has 1 aliphatic heterocycles. The number of carbonyl (C=O) groups excluding carboxylic acids is 1. The number of nitrogens with one attached hydrogen (secondary N) is 1. The number of likely N-dealkylation sites (N-methyl/N-ethyl adjacent to an activating group) is 1. The first-order valence-corrected chi connectivity index (χ1v) is 13.4. The van der Waals surface area contributed by atoms with Crippen molar-refractivity contribution in [2.45, 2.75) is 62.6 Å². The standard InChI is InChI=1S/C30H38N6O/c1-35-17-19-36(20-18-35)28(13-16-31)26-11-9-25(10-12-26)24-7-5-23(6-8-24)21-27(22-32)34-29(37)30(33)14-3-2-4-15-30/h5-12,27-28H,2-4,13-15,17-21,33H2,1H3,(H,34,37). The van der Waals surface area contributed by atoms with Crippen LogP contribution in [0, 0.1) is 22.7 Å². The lowest BCUT2D eigenvalue weighted by molar-refractivity contribution is -0.127. The van der Waals surface area contributed by atoms with Crippen LogP contribution >= 0.6 is 0 Å². The summed E-state index contributed by atoms with van der Waals surface area (Å²) < 4.78 is 0. The predicted octanol–water partition coefficient (Wildman–Crippen LogP) is 3.77. The van der Waals surface area contributed by atoms with Crippen LogP contribution in [0.3, 0.4) is 0 Å². The summed E-state index contributed by atoms with van der Waals surface area (Å²) in [6.45, 7) is 4.00. The Morgan fingerprint density at radius 3 is 2.14 bits per heavy atom. The average Bonchev–Trinajstić information content (AvgIpc) is 2.93. The second-order valence-electron chi connectivity index (χ2n) is 10.6. The Kier molecular flexibility index (Phi) is 8.95. The molecule has 4 rings (SSSR count). The number of rotatable bonds is 8. The van der Waals surface area contributed by atoms with E-state index in [4.69, 9.17) is 5.73 Å². The zero-order valence-electron chi connectivity index (χ0n) is 21.8. The van der Waals surface area contributed by atoms with Gasteiger partial charge in [-0.3, -0.25) is 9.69 Å². The van der Waals surface area contributed by atoms with Gasteiger partial charge in [0, 0.05) is 38.6 Å². The molecule has 3 N–H and O–H groups in total. The first-order valence-electron chi connectivity index (χ1n) is 13.4. The number of hydrogen-bond donors (Lipinski definition) is 2. The Morgan fingerprint density at radius 2 is 1.57 bits per heavy atom. The number of nitriles is 2. The summed E-state index contributed by atoms with van der Waals surface area (Å²) in [5, 5.41) is 21.9. The van der Waals surface area contributed by atoms with Gasteiger partial charge in [0.2, 0.25) is 5.91 Å². The molecule has 0 bridgehead atoms. The van der Waals surface area contributed by atoms with Gasteiger partial charge in [0.05, 0.1) is 24.1 Å². The number of amides is 1. The molecular weight excluding hydrogens is 460 g/mol. The number of carbonyl (C=O) groups is 1. The van der Waals surface area contributed by atoms with Gasteiger partial charge in [-0.15, -0.1) is 0 Å². The molecule has 2 aliphatic rings. The van der Waals surface area contributed by atoms with E-state index in [9.17, 15) is 15.3 Å². The summed E-state index contributed by atoms with van der Waals surface area (Å²) in [6.07, 6.45) is 5.31. The van der Waals surface area contributed by atoms with E-state index in [1.807, 2.05) is 12.1 Å². The molecule has 0 aromatic heterocycles. The fourth-order valence-corrected chi connectivity index (χ4v) is 5.49. The molecule has 7 nitrogen and oxygen atoms in total. The lowest BCUT2D eigenvalue weighted by atomic mass is 9.81. The zero-order valence-corrected chi connectivity index (χ0v) is 21.8. The van der Waals surface area contributed by atoms with Crippen molar-refractivity contribution in [3.63, 3.8) is 0 Å². The second kappa shape index (κ2) is 12.3. The molecule has 0 radical (unpaired) electrons. The highest BCUT2D eigenvalue weighted by molar-refractivity contribution is 5.86. The van der Waals surface area contributed by atoms with Crippen LogP contribution in [-0.2, 0) is 11.2 Å². The second-order valence-corrected chi connectivity index (χ2v) is 10.6. The normalized spacial score (nSPS) is 19.8. The van der Waals surface area contributed by atoms with Crippen LogP contribution in [-0.4, -0.2) is 60.5 Å². The smallest absolute Gasteiger partial charge is 0.241 e. The largest absolute Gasteiger partial charge is 0.338 e. The maximum atomic E-state index is 12.7. The van der Waals surface area contributed by atoms with Crippen LogP contribution in [0.2, 0.25) is 0 Å². The molecule has 1 aliphatic carbocycles. The highest BCUT2D eigenvalue weighted by Gasteiger charge is 2.36. The van der Waals surface area contributed by atoms with Crippen molar-refractivity contribution >= 4 is 5.91 Å². The maximum Gasteiger partial charge on any atom is 0.241 e. The molecular formula is C30H38N6O. The molecule has 2 fully saturated rings. The van der Waals surface area contributed by atoms with E-state index in [0.29, 0.717) is 25.7 Å². The Bertz CT molecular complexity index is 1120. The average molecular weight is 499 g/mol. The fourth-order valence-electron chi connectivity index (χ4n) is 5.49. The fraction of sp³-hybridized carbons (Fsp3) is 0.500. The molecule has 2 aromatic rings. The van der Waals surface area contributed by atoms with Crippen molar-refractivity contribution in [1.29, 1.82) is 10.5 Å². The van der Waals surface area contributed by atoms with Crippen molar-refractivity contribution in [3.05, 3.63) is 59.7 Å². The van der Waals surface area contributed by atoms with Crippen molar-refractivity contribution in [2.75, 3.05) is 33.2 Å². The van der Waals surface area contributed by atoms with E-state index in [1.165, 1.54) is 5.56 Å². The molecule has 2 atom stereocenters. The molecule has 7 heteroatoms. The third-order valence-corrected chi connectivity index (χ3v) is 7.94. The summed E-state index contributed by atoms with van der Waals surface area (Å²) in [4.78, 5) is 17.5. The summed E-state index contributed by atoms with van der Waals surface area (Å²) in [7, 11) is 2.14. The highest BCUT2D eigenvalue weighted by atomic mass is 16.2. The molecule has 1 saturated heterocycles. The Hall–Kier alpha value is -3.23. The van der Waals surface area contributed by atoms with Crippen molar-refractivity contribution in [3.8, 4) is 23.3 Å². The predicted molar refractivity (Wildman–Crippen MR) is 145 cm³/mol. The molecule has 2 unspecified atom stereocenters. The van der Waals surface area contributed by atoms with Crippen LogP contribution in [0.1, 0.15) is 55.7 Å². The molecule has 1 heterocycles. The molecule has 37 heavy (non-hydrogen) atoms. The quantitative estimate of drug-likeness (QED) is 0.573. The zero-order chi connectivity index (χ0) is 26.3. The topological polar surface area (TPSA) is 109 Å². The first kappa shape index (κ1) is 26.8. The Morgan fingerprint density at radius 1 is 0.973 bits per heavy atom. The van der Waals surface area contributed by atoms with Crippen LogP contribution in [0.15, 0.2) is 48.5 Å². The van der Waals surface area contributed by atoms with Gasteiger partial charge in [0.1, 0.15) is 6.04 Å². The van der Waals surface area contributed by atoms with Gasteiger partial charge >= 0.3 is 0 Å². The highest BCUT2D eigenvalue weighted by Crippen LogP contribution is 2.29. The van der Waals surface area contributed by atoms with Gasteiger partial charge in [0.25, 0.3) is 0 Å². The van der Waals surface area contributed by atoms with Gasteiger partial charge in [-0.2, -0.15) is 10.5 Å². The first-order chi connectivity index (χ1) is 17.9. The Labute approximate surface area is 220 Å². The van der Waals surface area contributed by atoms with Gasteiger partial charge in [-0.25, -0.2) is 0 Å². The third kappa shape index (κ3) is 6.76. The van der Waals surface area contributed by atoms with Crippen LogP contribution in [0.25, 0.3) is 11.1 Å². The van der Waals surface area contributed by atoms with E-state index < -0.39 is 11.6 Å².